The van der Waals surface area contributed by atoms with Crippen molar-refractivity contribution in [3.05, 3.63) is 41.9 Å². The van der Waals surface area contributed by atoms with Gasteiger partial charge in [-0.05, 0) is 11.6 Å². The van der Waals surface area contributed by atoms with E-state index in [1.807, 2.05) is 18.2 Å². The summed E-state index contributed by atoms with van der Waals surface area (Å²) in [6.07, 6.45) is 1.47. The SMILES string of the molecule is COCc1cccc(-c2ocnc2CBr)c1. The van der Waals surface area contributed by atoms with Crippen molar-refractivity contribution in [3.63, 3.8) is 0 Å². The second kappa shape index (κ2) is 5.27. The number of benzene rings is 1. The highest BCUT2D eigenvalue weighted by Crippen LogP contribution is 2.25. The smallest absolute Gasteiger partial charge is 0.181 e. The molecule has 0 spiro atoms. The van der Waals surface area contributed by atoms with Crippen LogP contribution in [0, 0.1) is 0 Å². The molecule has 0 aliphatic heterocycles. The summed E-state index contributed by atoms with van der Waals surface area (Å²) < 4.78 is 10.5. The Morgan fingerprint density at radius 1 is 1.44 bits per heavy atom. The molecule has 3 nitrogen and oxygen atoms in total. The van der Waals surface area contributed by atoms with Crippen molar-refractivity contribution in [2.75, 3.05) is 7.11 Å². The number of rotatable bonds is 4. The molecular formula is C12H12BrNO2. The van der Waals surface area contributed by atoms with Gasteiger partial charge >= 0.3 is 0 Å². The highest BCUT2D eigenvalue weighted by molar-refractivity contribution is 9.08. The van der Waals surface area contributed by atoms with Crippen LogP contribution in [0.25, 0.3) is 11.3 Å². The lowest BCUT2D eigenvalue weighted by Gasteiger charge is -2.03. The average molecular weight is 282 g/mol. The zero-order chi connectivity index (χ0) is 11.4. The van der Waals surface area contributed by atoms with E-state index in [4.69, 9.17) is 9.15 Å². The maximum absolute atomic E-state index is 5.39. The monoisotopic (exact) mass is 281 g/mol. The van der Waals surface area contributed by atoms with Gasteiger partial charge in [0.25, 0.3) is 0 Å². The van der Waals surface area contributed by atoms with Crippen LogP contribution in [-0.4, -0.2) is 12.1 Å². The minimum atomic E-state index is 0.603. The van der Waals surface area contributed by atoms with Crippen LogP contribution in [-0.2, 0) is 16.7 Å². The summed E-state index contributed by atoms with van der Waals surface area (Å²) in [4.78, 5) is 4.14. The molecule has 2 rings (SSSR count). The predicted molar refractivity (Wildman–Crippen MR) is 65.3 cm³/mol. The molecular weight excluding hydrogens is 270 g/mol. The average Bonchev–Trinajstić information content (AvgIpc) is 2.78. The van der Waals surface area contributed by atoms with Crippen molar-refractivity contribution >= 4 is 15.9 Å². The lowest BCUT2D eigenvalue weighted by atomic mass is 10.1. The Balaban J connectivity index is 2.36. The summed E-state index contributed by atoms with van der Waals surface area (Å²) in [7, 11) is 1.69. The first-order valence-corrected chi connectivity index (χ1v) is 6.04. The van der Waals surface area contributed by atoms with E-state index >= 15 is 0 Å². The highest BCUT2D eigenvalue weighted by atomic mass is 79.9. The zero-order valence-electron chi connectivity index (χ0n) is 8.94. The topological polar surface area (TPSA) is 35.3 Å². The van der Waals surface area contributed by atoms with Crippen molar-refractivity contribution in [2.24, 2.45) is 0 Å². The molecule has 0 aliphatic carbocycles. The van der Waals surface area contributed by atoms with Gasteiger partial charge in [0.15, 0.2) is 12.2 Å². The van der Waals surface area contributed by atoms with Crippen LogP contribution < -0.4 is 0 Å². The minimum absolute atomic E-state index is 0.603. The zero-order valence-corrected chi connectivity index (χ0v) is 10.5. The molecule has 0 radical (unpaired) electrons. The number of alkyl halides is 1. The molecule has 4 heteroatoms. The van der Waals surface area contributed by atoms with E-state index in [0.29, 0.717) is 11.9 Å². The number of halogens is 1. The molecule has 1 aromatic carbocycles. The lowest BCUT2D eigenvalue weighted by Crippen LogP contribution is -1.89. The van der Waals surface area contributed by atoms with Crippen molar-refractivity contribution in [3.8, 4) is 11.3 Å². The van der Waals surface area contributed by atoms with E-state index in [2.05, 4.69) is 27.0 Å². The van der Waals surface area contributed by atoms with Gasteiger partial charge < -0.3 is 9.15 Å². The van der Waals surface area contributed by atoms with Crippen LogP contribution in [0.1, 0.15) is 11.3 Å². The summed E-state index contributed by atoms with van der Waals surface area (Å²) in [5, 5.41) is 0.688. The standard InChI is InChI=1S/C12H12BrNO2/c1-15-7-9-3-2-4-10(5-9)12-11(6-13)14-8-16-12/h2-5,8H,6-7H2,1H3. The van der Waals surface area contributed by atoms with E-state index in [9.17, 15) is 0 Å². The summed E-state index contributed by atoms with van der Waals surface area (Å²) in [5.41, 5.74) is 3.06. The summed E-state index contributed by atoms with van der Waals surface area (Å²) in [6, 6.07) is 8.07. The van der Waals surface area contributed by atoms with Gasteiger partial charge in [-0.1, -0.05) is 34.1 Å². The maximum Gasteiger partial charge on any atom is 0.181 e. The van der Waals surface area contributed by atoms with Crippen molar-refractivity contribution < 1.29 is 9.15 Å². The fraction of sp³-hybridized carbons (Fsp3) is 0.250. The Labute approximate surface area is 103 Å². The second-order valence-corrected chi connectivity index (χ2v) is 3.96. The quantitative estimate of drug-likeness (QED) is 0.806. The first-order chi connectivity index (χ1) is 7.85. The van der Waals surface area contributed by atoms with Crippen molar-refractivity contribution in [2.45, 2.75) is 11.9 Å². The van der Waals surface area contributed by atoms with E-state index < -0.39 is 0 Å². The molecule has 84 valence electrons. The van der Waals surface area contributed by atoms with E-state index in [1.54, 1.807) is 7.11 Å². The number of nitrogens with zero attached hydrogens (tertiary/aromatic N) is 1. The third kappa shape index (κ3) is 2.33. The van der Waals surface area contributed by atoms with E-state index in [0.717, 1.165) is 22.6 Å². The number of oxazole rings is 1. The van der Waals surface area contributed by atoms with Crippen LogP contribution in [0.4, 0.5) is 0 Å². The van der Waals surface area contributed by atoms with Crippen molar-refractivity contribution in [1.82, 2.24) is 4.98 Å². The number of ether oxygens (including phenoxy) is 1. The summed E-state index contributed by atoms with van der Waals surface area (Å²) in [6.45, 7) is 0.603. The Morgan fingerprint density at radius 3 is 3.06 bits per heavy atom. The van der Waals surface area contributed by atoms with E-state index in [-0.39, 0.29) is 0 Å². The van der Waals surface area contributed by atoms with Gasteiger partial charge in [-0.3, -0.25) is 0 Å². The molecule has 1 heterocycles. The van der Waals surface area contributed by atoms with Gasteiger partial charge in [0.05, 0.1) is 12.3 Å². The molecule has 0 atom stereocenters. The highest BCUT2D eigenvalue weighted by Gasteiger charge is 2.09. The number of aromatic nitrogens is 1. The molecule has 0 fully saturated rings. The van der Waals surface area contributed by atoms with Gasteiger partial charge in [-0.25, -0.2) is 4.98 Å². The van der Waals surface area contributed by atoms with Crippen molar-refractivity contribution in [1.29, 1.82) is 0 Å². The molecule has 2 aromatic rings. The Morgan fingerprint density at radius 2 is 2.31 bits per heavy atom. The molecule has 16 heavy (non-hydrogen) atoms. The molecule has 0 amide bonds. The molecule has 0 N–H and O–H groups in total. The summed E-state index contributed by atoms with van der Waals surface area (Å²) >= 11 is 3.39. The van der Waals surface area contributed by atoms with Crippen LogP contribution in [0.2, 0.25) is 0 Å². The predicted octanol–water partition coefficient (Wildman–Crippen LogP) is 3.38. The second-order valence-electron chi connectivity index (χ2n) is 3.40. The minimum Gasteiger partial charge on any atom is -0.443 e. The maximum atomic E-state index is 5.39. The largest absolute Gasteiger partial charge is 0.443 e. The van der Waals surface area contributed by atoms with E-state index in [1.165, 1.54) is 6.39 Å². The number of methoxy groups -OCH3 is 1. The van der Waals surface area contributed by atoms with Gasteiger partial charge in [-0.15, -0.1) is 0 Å². The first-order valence-electron chi connectivity index (χ1n) is 4.91. The normalized spacial score (nSPS) is 10.6. The summed E-state index contributed by atoms with van der Waals surface area (Å²) in [5.74, 6) is 0.815. The molecule has 0 bridgehead atoms. The van der Waals surface area contributed by atoms with Gasteiger partial charge in [-0.2, -0.15) is 0 Å². The Kier molecular flexibility index (Phi) is 3.74. The lowest BCUT2D eigenvalue weighted by molar-refractivity contribution is 0.185. The first kappa shape index (κ1) is 11.4. The fourth-order valence-electron chi connectivity index (χ4n) is 1.57. The van der Waals surface area contributed by atoms with Gasteiger partial charge in [0.2, 0.25) is 0 Å². The van der Waals surface area contributed by atoms with Crippen LogP contribution in [0.5, 0.6) is 0 Å². The van der Waals surface area contributed by atoms with Crippen LogP contribution in [0.15, 0.2) is 35.1 Å². The van der Waals surface area contributed by atoms with Gasteiger partial charge in [0, 0.05) is 18.0 Å². The Hall–Kier alpha value is -1.13. The number of hydrogen-bond acceptors (Lipinski definition) is 3. The fourth-order valence-corrected chi connectivity index (χ4v) is 1.97. The molecule has 0 aliphatic rings. The molecule has 0 saturated heterocycles. The third-order valence-electron chi connectivity index (χ3n) is 2.27. The molecule has 0 saturated carbocycles. The van der Waals surface area contributed by atoms with Crippen LogP contribution in [0.3, 0.4) is 0 Å². The van der Waals surface area contributed by atoms with Crippen LogP contribution >= 0.6 is 15.9 Å². The van der Waals surface area contributed by atoms with Gasteiger partial charge in [0.1, 0.15) is 0 Å². The molecule has 0 unspecified atom stereocenters. The molecule has 1 aromatic heterocycles. The number of hydrogen-bond donors (Lipinski definition) is 0. The Bertz CT molecular complexity index is 468. The third-order valence-corrected chi connectivity index (χ3v) is 2.80.